The molecule has 0 radical (unpaired) electrons. The molecule has 0 saturated heterocycles. The fraction of sp³-hybridized carbons (Fsp3) is 0.500. The van der Waals surface area contributed by atoms with Gasteiger partial charge in [-0.3, -0.25) is 4.90 Å². The first-order valence-electron chi connectivity index (χ1n) is 4.58. The van der Waals surface area contributed by atoms with Gasteiger partial charge in [0.2, 0.25) is 0 Å². The molecule has 0 aliphatic carbocycles. The van der Waals surface area contributed by atoms with Crippen LogP contribution in [0.15, 0.2) is 23.4 Å². The molecule has 1 rings (SSSR count). The van der Waals surface area contributed by atoms with Crippen LogP contribution in [0.25, 0.3) is 0 Å². The Kier molecular flexibility index (Phi) is 3.92. The molecule has 1 aliphatic heterocycles. The molecular formula is C10H11F3N2S. The van der Waals surface area contributed by atoms with Crippen molar-refractivity contribution in [3.8, 4) is 6.19 Å². The van der Waals surface area contributed by atoms with Crippen LogP contribution in [-0.4, -0.2) is 29.1 Å². The minimum atomic E-state index is -4.47. The minimum Gasteiger partial charge on any atom is -0.270 e. The van der Waals surface area contributed by atoms with Gasteiger partial charge in [0.05, 0.1) is 6.54 Å². The Morgan fingerprint density at radius 1 is 1.50 bits per heavy atom. The number of allylic oxidation sites excluding steroid dienone is 3. The molecule has 0 saturated carbocycles. The number of hydrogen-bond donors (Lipinski definition) is 0. The number of rotatable bonds is 2. The number of nitriles is 1. The minimum absolute atomic E-state index is 0.0177. The molecule has 0 amide bonds. The zero-order chi connectivity index (χ0) is 12.3. The fourth-order valence-electron chi connectivity index (χ4n) is 1.35. The highest BCUT2D eigenvalue weighted by Crippen LogP contribution is 2.32. The standard InChI is InChI=1S/C10H11F3N2S/c1-7(16-2)8-3-4-9(10(11,12)13)15(5-8)6-14/h3-4,7H,5H2,1-2H3. The van der Waals surface area contributed by atoms with E-state index in [-0.39, 0.29) is 11.8 Å². The molecule has 1 heterocycles. The summed E-state index contributed by atoms with van der Waals surface area (Å²) in [5.74, 6) is 0. The second kappa shape index (κ2) is 4.83. The first-order valence-corrected chi connectivity index (χ1v) is 5.87. The Labute approximate surface area is 96.4 Å². The lowest BCUT2D eigenvalue weighted by atomic mass is 10.1. The normalized spacial score (nSPS) is 18.6. The van der Waals surface area contributed by atoms with Gasteiger partial charge in [0.15, 0.2) is 6.19 Å². The average molecular weight is 248 g/mol. The van der Waals surface area contributed by atoms with Gasteiger partial charge in [0, 0.05) is 5.25 Å². The lowest BCUT2D eigenvalue weighted by Gasteiger charge is -2.27. The molecule has 0 bridgehead atoms. The Morgan fingerprint density at radius 2 is 2.12 bits per heavy atom. The van der Waals surface area contributed by atoms with Crippen molar-refractivity contribution in [2.75, 3.05) is 12.8 Å². The van der Waals surface area contributed by atoms with Crippen molar-refractivity contribution in [3.05, 3.63) is 23.4 Å². The predicted molar refractivity (Wildman–Crippen MR) is 57.5 cm³/mol. The molecule has 1 unspecified atom stereocenters. The van der Waals surface area contributed by atoms with Crippen molar-refractivity contribution in [3.63, 3.8) is 0 Å². The summed E-state index contributed by atoms with van der Waals surface area (Å²) in [5.41, 5.74) is -0.0749. The van der Waals surface area contributed by atoms with Crippen LogP contribution >= 0.6 is 11.8 Å². The molecule has 6 heteroatoms. The zero-order valence-electron chi connectivity index (χ0n) is 8.88. The maximum Gasteiger partial charge on any atom is 0.432 e. The van der Waals surface area contributed by atoms with E-state index in [1.165, 1.54) is 17.8 Å². The van der Waals surface area contributed by atoms with E-state index in [4.69, 9.17) is 5.26 Å². The molecule has 0 aromatic heterocycles. The molecule has 0 aromatic rings. The number of thioether (sulfide) groups is 1. The van der Waals surface area contributed by atoms with Crippen molar-refractivity contribution < 1.29 is 13.2 Å². The van der Waals surface area contributed by atoms with Crippen LogP contribution in [0.4, 0.5) is 13.2 Å². The number of nitrogens with zero attached hydrogens (tertiary/aromatic N) is 2. The molecule has 16 heavy (non-hydrogen) atoms. The third-order valence-corrected chi connectivity index (χ3v) is 3.38. The van der Waals surface area contributed by atoms with E-state index in [1.54, 1.807) is 6.19 Å². The van der Waals surface area contributed by atoms with Crippen LogP contribution in [0.1, 0.15) is 6.92 Å². The maximum absolute atomic E-state index is 12.5. The summed E-state index contributed by atoms with van der Waals surface area (Å²) < 4.78 is 37.5. The smallest absolute Gasteiger partial charge is 0.270 e. The summed E-state index contributed by atoms with van der Waals surface area (Å²) in [4.78, 5) is 0.683. The lowest BCUT2D eigenvalue weighted by molar-refractivity contribution is -0.106. The molecule has 1 aliphatic rings. The summed E-state index contributed by atoms with van der Waals surface area (Å²) in [6.07, 6.45) is 1.40. The quantitative estimate of drug-likeness (QED) is 0.703. The van der Waals surface area contributed by atoms with Crippen LogP contribution in [0.5, 0.6) is 0 Å². The third kappa shape index (κ3) is 2.73. The van der Waals surface area contributed by atoms with E-state index < -0.39 is 11.9 Å². The second-order valence-corrected chi connectivity index (χ2v) is 4.53. The highest BCUT2D eigenvalue weighted by atomic mass is 32.2. The van der Waals surface area contributed by atoms with Gasteiger partial charge >= 0.3 is 6.18 Å². The average Bonchev–Trinajstić information content (AvgIpc) is 2.25. The Morgan fingerprint density at radius 3 is 2.56 bits per heavy atom. The van der Waals surface area contributed by atoms with Gasteiger partial charge in [-0.25, -0.2) is 0 Å². The fourth-order valence-corrected chi connectivity index (χ4v) is 1.80. The molecule has 0 fully saturated rings. The van der Waals surface area contributed by atoms with Gasteiger partial charge in [-0.2, -0.15) is 30.2 Å². The van der Waals surface area contributed by atoms with E-state index in [0.717, 1.165) is 11.6 Å². The molecule has 1 atom stereocenters. The van der Waals surface area contributed by atoms with Crippen LogP contribution in [0, 0.1) is 11.5 Å². The summed E-state index contributed by atoms with van der Waals surface area (Å²) >= 11 is 1.54. The topological polar surface area (TPSA) is 27.0 Å². The van der Waals surface area contributed by atoms with Gasteiger partial charge in [-0.15, -0.1) is 0 Å². The third-order valence-electron chi connectivity index (χ3n) is 2.37. The van der Waals surface area contributed by atoms with Gasteiger partial charge in [-0.05, 0) is 24.8 Å². The van der Waals surface area contributed by atoms with E-state index in [9.17, 15) is 13.2 Å². The molecule has 0 aromatic carbocycles. The van der Waals surface area contributed by atoms with Crippen LogP contribution in [0.2, 0.25) is 0 Å². The van der Waals surface area contributed by atoms with E-state index in [2.05, 4.69) is 0 Å². The van der Waals surface area contributed by atoms with Crippen LogP contribution < -0.4 is 0 Å². The van der Waals surface area contributed by atoms with E-state index in [1.807, 2.05) is 13.2 Å². The lowest BCUT2D eigenvalue weighted by Crippen LogP contribution is -2.33. The van der Waals surface area contributed by atoms with E-state index in [0.29, 0.717) is 4.90 Å². The van der Waals surface area contributed by atoms with Gasteiger partial charge in [-0.1, -0.05) is 6.08 Å². The van der Waals surface area contributed by atoms with Gasteiger partial charge < -0.3 is 0 Å². The highest BCUT2D eigenvalue weighted by Gasteiger charge is 2.39. The van der Waals surface area contributed by atoms with Gasteiger partial charge in [0.25, 0.3) is 0 Å². The Balaban J connectivity index is 3.00. The Bertz CT molecular complexity index is 365. The van der Waals surface area contributed by atoms with Crippen LogP contribution in [-0.2, 0) is 0 Å². The molecule has 0 spiro atoms. The second-order valence-electron chi connectivity index (χ2n) is 3.36. The maximum atomic E-state index is 12.5. The van der Waals surface area contributed by atoms with Crippen molar-refractivity contribution in [2.24, 2.45) is 0 Å². The summed E-state index contributed by atoms with van der Waals surface area (Å²) in [7, 11) is 0. The van der Waals surface area contributed by atoms with Crippen molar-refractivity contribution >= 4 is 11.8 Å². The molecular weight excluding hydrogens is 237 g/mol. The number of hydrogen-bond acceptors (Lipinski definition) is 3. The van der Waals surface area contributed by atoms with Crippen molar-refractivity contribution in [1.82, 2.24) is 4.90 Å². The molecule has 88 valence electrons. The molecule has 2 nitrogen and oxygen atoms in total. The number of alkyl halides is 3. The van der Waals surface area contributed by atoms with Crippen molar-refractivity contribution in [2.45, 2.75) is 18.3 Å². The van der Waals surface area contributed by atoms with Gasteiger partial charge in [0.1, 0.15) is 5.70 Å². The number of halogens is 3. The SMILES string of the molecule is CSC(C)C1=CC=C(C(F)(F)F)N(C#N)C1. The first-order chi connectivity index (χ1) is 7.40. The van der Waals surface area contributed by atoms with Crippen LogP contribution in [0.3, 0.4) is 0 Å². The monoisotopic (exact) mass is 248 g/mol. The summed E-state index contributed by atoms with van der Waals surface area (Å²) in [6.45, 7) is 1.92. The van der Waals surface area contributed by atoms with E-state index >= 15 is 0 Å². The largest absolute Gasteiger partial charge is 0.432 e. The Hall–Kier alpha value is -1.09. The molecule has 0 N–H and O–H groups in total. The predicted octanol–water partition coefficient (Wildman–Crippen LogP) is 2.91. The highest BCUT2D eigenvalue weighted by molar-refractivity contribution is 7.99. The van der Waals surface area contributed by atoms with Crippen molar-refractivity contribution in [1.29, 1.82) is 5.26 Å². The first kappa shape index (κ1) is 13.0. The summed E-state index contributed by atoms with van der Waals surface area (Å²) in [6, 6.07) is 0. The summed E-state index contributed by atoms with van der Waals surface area (Å²) in [5, 5.41) is 8.81. The zero-order valence-corrected chi connectivity index (χ0v) is 9.69.